The fraction of sp³-hybridized carbons (Fsp3) is 0.867. The number of nitrogens with zero attached hydrogens (tertiary/aromatic N) is 1. The fourth-order valence-corrected chi connectivity index (χ4v) is 2.83. The molecule has 0 unspecified atom stereocenters. The normalized spacial score (nSPS) is 22.1. The Morgan fingerprint density at radius 1 is 1.14 bits per heavy atom. The lowest BCUT2D eigenvalue weighted by atomic mass is 9.90. The molecule has 0 bridgehead atoms. The van der Waals surface area contributed by atoms with Gasteiger partial charge in [0.15, 0.2) is 0 Å². The molecule has 6 heteroatoms. The van der Waals surface area contributed by atoms with Crippen LogP contribution in [-0.2, 0) is 9.59 Å². The first-order chi connectivity index (χ1) is 10.0. The van der Waals surface area contributed by atoms with Crippen molar-refractivity contribution < 1.29 is 9.59 Å². The minimum atomic E-state index is -0.0737. The van der Waals surface area contributed by atoms with Crippen molar-refractivity contribution in [3.63, 3.8) is 0 Å². The number of hydrogen-bond acceptors (Lipinski definition) is 4. The summed E-state index contributed by atoms with van der Waals surface area (Å²) >= 11 is 0. The van der Waals surface area contributed by atoms with Gasteiger partial charge >= 0.3 is 0 Å². The summed E-state index contributed by atoms with van der Waals surface area (Å²) in [7, 11) is 0. The van der Waals surface area contributed by atoms with Gasteiger partial charge in [-0.3, -0.25) is 14.5 Å². The van der Waals surface area contributed by atoms with Gasteiger partial charge in [0, 0.05) is 32.1 Å². The summed E-state index contributed by atoms with van der Waals surface area (Å²) in [5.74, 6) is -0.0425. The first-order valence-corrected chi connectivity index (χ1v) is 8.03. The second-order valence-corrected chi connectivity index (χ2v) is 5.87. The van der Waals surface area contributed by atoms with Gasteiger partial charge in [0.2, 0.25) is 11.8 Å². The number of carbonyl (C=O) groups excluding carboxylic acids is 2. The first-order valence-electron chi connectivity index (χ1n) is 8.03. The molecule has 1 rings (SSSR count). The molecule has 6 nitrogen and oxygen atoms in total. The van der Waals surface area contributed by atoms with Crippen molar-refractivity contribution in [1.29, 1.82) is 0 Å². The lowest BCUT2D eigenvalue weighted by molar-refractivity contribution is -0.123. The van der Waals surface area contributed by atoms with E-state index in [2.05, 4.69) is 22.5 Å². The predicted molar refractivity (Wildman–Crippen MR) is 83.8 cm³/mol. The van der Waals surface area contributed by atoms with Crippen molar-refractivity contribution in [3.8, 4) is 0 Å². The second-order valence-electron chi connectivity index (χ2n) is 5.87. The number of hydrogen-bond donors (Lipinski definition) is 3. The standard InChI is InChI=1S/C15H30N4O2/c1-3-10-19(14-6-4-13(16)5-7-14)11-15(21)18-9-8-17-12(2)20/h13-14H,3-11,16H2,1-2H3,(H,17,20)(H,18,21). The van der Waals surface area contributed by atoms with Crippen LogP contribution in [0.1, 0.15) is 46.0 Å². The maximum absolute atomic E-state index is 12.0. The monoisotopic (exact) mass is 298 g/mol. The number of nitrogens with two attached hydrogens (primary N) is 1. The summed E-state index contributed by atoms with van der Waals surface area (Å²) in [4.78, 5) is 25.0. The molecule has 0 aliphatic heterocycles. The molecule has 0 aromatic heterocycles. The molecule has 21 heavy (non-hydrogen) atoms. The van der Waals surface area contributed by atoms with Gasteiger partial charge in [-0.2, -0.15) is 0 Å². The Balaban J connectivity index is 2.32. The van der Waals surface area contributed by atoms with E-state index in [4.69, 9.17) is 5.73 Å². The predicted octanol–water partition coefficient (Wildman–Crippen LogP) is 0.221. The lowest BCUT2D eigenvalue weighted by Gasteiger charge is -2.35. The van der Waals surface area contributed by atoms with E-state index in [1.807, 2.05) is 0 Å². The van der Waals surface area contributed by atoms with Gasteiger partial charge in [-0.1, -0.05) is 6.92 Å². The lowest BCUT2D eigenvalue weighted by Crippen LogP contribution is -2.47. The van der Waals surface area contributed by atoms with Gasteiger partial charge < -0.3 is 16.4 Å². The van der Waals surface area contributed by atoms with Crippen LogP contribution >= 0.6 is 0 Å². The molecule has 1 aliphatic carbocycles. The number of nitrogens with one attached hydrogen (secondary N) is 2. The largest absolute Gasteiger partial charge is 0.355 e. The average molecular weight is 298 g/mol. The molecule has 1 aliphatic rings. The molecule has 0 saturated heterocycles. The third-order valence-electron chi connectivity index (χ3n) is 3.94. The Labute approximate surface area is 127 Å². The number of carbonyl (C=O) groups is 2. The van der Waals surface area contributed by atoms with Gasteiger partial charge in [-0.25, -0.2) is 0 Å². The molecule has 0 atom stereocenters. The summed E-state index contributed by atoms with van der Waals surface area (Å²) in [6, 6.07) is 0.807. The average Bonchev–Trinajstić information content (AvgIpc) is 2.44. The molecule has 0 radical (unpaired) electrons. The Morgan fingerprint density at radius 2 is 1.76 bits per heavy atom. The van der Waals surface area contributed by atoms with E-state index in [0.29, 0.717) is 31.7 Å². The quantitative estimate of drug-likeness (QED) is 0.559. The molecular weight excluding hydrogens is 268 g/mol. The molecule has 4 N–H and O–H groups in total. The van der Waals surface area contributed by atoms with Crippen molar-refractivity contribution in [1.82, 2.24) is 15.5 Å². The number of rotatable bonds is 8. The van der Waals surface area contributed by atoms with Crippen LogP contribution in [0.15, 0.2) is 0 Å². The van der Waals surface area contributed by atoms with Crippen LogP contribution in [0, 0.1) is 0 Å². The Hall–Kier alpha value is -1.14. The van der Waals surface area contributed by atoms with E-state index in [9.17, 15) is 9.59 Å². The first kappa shape index (κ1) is 17.9. The van der Waals surface area contributed by atoms with Crippen molar-refractivity contribution >= 4 is 11.8 Å². The number of amides is 2. The summed E-state index contributed by atoms with van der Waals surface area (Å²) in [6.45, 7) is 5.95. The Kier molecular flexibility index (Phi) is 8.30. The van der Waals surface area contributed by atoms with Crippen molar-refractivity contribution in [2.75, 3.05) is 26.2 Å². The maximum Gasteiger partial charge on any atom is 0.234 e. The molecular formula is C15H30N4O2. The van der Waals surface area contributed by atoms with Gasteiger partial charge in [-0.15, -0.1) is 0 Å². The summed E-state index contributed by atoms with van der Waals surface area (Å²) < 4.78 is 0. The maximum atomic E-state index is 12.0. The molecule has 2 amide bonds. The van der Waals surface area contributed by atoms with E-state index >= 15 is 0 Å². The summed E-state index contributed by atoms with van der Waals surface area (Å²) in [5.41, 5.74) is 5.95. The topological polar surface area (TPSA) is 87.5 Å². The molecule has 0 aromatic carbocycles. The third-order valence-corrected chi connectivity index (χ3v) is 3.94. The highest BCUT2D eigenvalue weighted by Gasteiger charge is 2.25. The van der Waals surface area contributed by atoms with E-state index in [0.717, 1.165) is 38.6 Å². The van der Waals surface area contributed by atoms with Crippen molar-refractivity contribution in [2.24, 2.45) is 5.73 Å². The molecule has 1 saturated carbocycles. The van der Waals surface area contributed by atoms with Crippen LogP contribution in [0.5, 0.6) is 0 Å². The van der Waals surface area contributed by atoms with E-state index < -0.39 is 0 Å². The molecule has 0 spiro atoms. The van der Waals surface area contributed by atoms with Crippen molar-refractivity contribution in [2.45, 2.75) is 58.0 Å². The molecule has 0 heterocycles. The van der Waals surface area contributed by atoms with Gasteiger partial charge in [0.25, 0.3) is 0 Å². The third kappa shape index (κ3) is 7.43. The van der Waals surface area contributed by atoms with Gasteiger partial charge in [0.1, 0.15) is 0 Å². The smallest absolute Gasteiger partial charge is 0.234 e. The van der Waals surface area contributed by atoms with Crippen LogP contribution in [0.3, 0.4) is 0 Å². The van der Waals surface area contributed by atoms with E-state index in [1.54, 1.807) is 0 Å². The Morgan fingerprint density at radius 3 is 2.33 bits per heavy atom. The zero-order valence-corrected chi connectivity index (χ0v) is 13.4. The highest BCUT2D eigenvalue weighted by molar-refractivity contribution is 5.78. The highest BCUT2D eigenvalue weighted by Crippen LogP contribution is 2.22. The SMILES string of the molecule is CCCN(CC(=O)NCCNC(C)=O)C1CCC(N)CC1. The van der Waals surface area contributed by atoms with Crippen LogP contribution in [0.2, 0.25) is 0 Å². The summed E-state index contributed by atoms with van der Waals surface area (Å²) in [6.07, 6.45) is 5.31. The van der Waals surface area contributed by atoms with Crippen molar-refractivity contribution in [3.05, 3.63) is 0 Å². The molecule has 122 valence electrons. The second kappa shape index (κ2) is 9.73. The van der Waals surface area contributed by atoms with Gasteiger partial charge in [0.05, 0.1) is 6.54 Å². The zero-order valence-electron chi connectivity index (χ0n) is 13.4. The minimum absolute atomic E-state index is 0.0312. The molecule has 0 aromatic rings. The summed E-state index contributed by atoms with van der Waals surface area (Å²) in [5, 5.41) is 5.52. The van der Waals surface area contributed by atoms with Crippen LogP contribution < -0.4 is 16.4 Å². The minimum Gasteiger partial charge on any atom is -0.355 e. The van der Waals surface area contributed by atoms with Crippen LogP contribution in [0.25, 0.3) is 0 Å². The highest BCUT2D eigenvalue weighted by atomic mass is 16.2. The van der Waals surface area contributed by atoms with Crippen LogP contribution in [0.4, 0.5) is 0 Å². The van der Waals surface area contributed by atoms with Crippen LogP contribution in [-0.4, -0.2) is 55.0 Å². The molecule has 1 fully saturated rings. The van der Waals surface area contributed by atoms with E-state index in [-0.39, 0.29) is 11.8 Å². The Bertz CT molecular complexity index is 328. The fourth-order valence-electron chi connectivity index (χ4n) is 2.83. The zero-order chi connectivity index (χ0) is 15.7. The van der Waals surface area contributed by atoms with E-state index in [1.165, 1.54) is 6.92 Å². The van der Waals surface area contributed by atoms with Gasteiger partial charge in [-0.05, 0) is 38.6 Å².